The second kappa shape index (κ2) is 6.36. The Bertz CT molecular complexity index is 293. The zero-order chi connectivity index (χ0) is 11.1. The van der Waals surface area contributed by atoms with Gasteiger partial charge in [-0.3, -0.25) is 4.79 Å². The molecule has 1 unspecified atom stereocenters. The van der Waals surface area contributed by atoms with Crippen LogP contribution in [0.5, 0.6) is 0 Å². The summed E-state index contributed by atoms with van der Waals surface area (Å²) < 4.78 is 0. The number of carbonyl (C=O) groups is 1. The normalized spacial score (nSPS) is 12.4. The van der Waals surface area contributed by atoms with Crippen LogP contribution in [0.4, 0.5) is 0 Å². The molecule has 2 nitrogen and oxygen atoms in total. The molecule has 1 N–H and O–H groups in total. The van der Waals surface area contributed by atoms with Gasteiger partial charge in [-0.2, -0.15) is 0 Å². The maximum atomic E-state index is 11.3. The molecule has 1 aromatic rings. The molecule has 0 fully saturated rings. The zero-order valence-electron chi connectivity index (χ0n) is 9.15. The van der Waals surface area contributed by atoms with Crippen molar-refractivity contribution in [2.24, 2.45) is 0 Å². The van der Waals surface area contributed by atoms with Gasteiger partial charge in [-0.05, 0) is 24.8 Å². The summed E-state index contributed by atoms with van der Waals surface area (Å²) in [6.45, 7) is 1.95. The summed E-state index contributed by atoms with van der Waals surface area (Å²) in [5.74, 6) is -0.0339. The van der Waals surface area contributed by atoms with Crippen LogP contribution in [0.25, 0.3) is 0 Å². The number of Topliss-reactive ketones (excluding diaryl/α,β-unsaturated/α-hetero) is 1. The van der Waals surface area contributed by atoms with Crippen LogP contribution in [0, 0.1) is 0 Å². The van der Waals surface area contributed by atoms with Crippen LogP contribution in [-0.4, -0.2) is 17.0 Å². The van der Waals surface area contributed by atoms with Crippen molar-refractivity contribution in [1.82, 2.24) is 0 Å². The number of benzene rings is 1. The van der Waals surface area contributed by atoms with E-state index >= 15 is 0 Å². The number of hydrogen-bond acceptors (Lipinski definition) is 2. The first kappa shape index (κ1) is 11.9. The minimum absolute atomic E-state index is 0.0339. The van der Waals surface area contributed by atoms with Crippen LogP contribution in [-0.2, 0) is 11.2 Å². The molecule has 0 bridgehead atoms. The monoisotopic (exact) mass is 206 g/mol. The van der Waals surface area contributed by atoms with Crippen molar-refractivity contribution in [3.05, 3.63) is 35.9 Å². The molecule has 0 aliphatic carbocycles. The predicted molar refractivity (Wildman–Crippen MR) is 60.7 cm³/mol. The maximum Gasteiger partial charge on any atom is 0.161 e. The summed E-state index contributed by atoms with van der Waals surface area (Å²) in [4.78, 5) is 11.3. The lowest BCUT2D eigenvalue weighted by molar-refractivity contribution is -0.127. The number of hydrogen-bond donors (Lipinski definition) is 1. The molecule has 1 atom stereocenters. The predicted octanol–water partition coefficient (Wildman–Crippen LogP) is 2.35. The maximum absolute atomic E-state index is 11.3. The summed E-state index contributed by atoms with van der Waals surface area (Å²) in [6, 6.07) is 9.92. The van der Waals surface area contributed by atoms with Gasteiger partial charge in [0.2, 0.25) is 0 Å². The summed E-state index contributed by atoms with van der Waals surface area (Å²) in [5, 5.41) is 9.56. The van der Waals surface area contributed by atoms with Crippen molar-refractivity contribution in [1.29, 1.82) is 0 Å². The van der Waals surface area contributed by atoms with Gasteiger partial charge in [0.25, 0.3) is 0 Å². The molecule has 0 spiro atoms. The quantitative estimate of drug-likeness (QED) is 0.775. The van der Waals surface area contributed by atoms with E-state index in [1.54, 1.807) is 0 Å². The minimum Gasteiger partial charge on any atom is -0.385 e. The second-order valence-electron chi connectivity index (χ2n) is 3.76. The van der Waals surface area contributed by atoms with E-state index in [0.29, 0.717) is 12.8 Å². The zero-order valence-corrected chi connectivity index (χ0v) is 9.15. The standard InChI is InChI=1S/C13H18O2/c1-2-6-12(14)13(15)10-9-11-7-4-3-5-8-11/h3-5,7-8,13,15H,2,6,9-10H2,1H3. The summed E-state index contributed by atoms with van der Waals surface area (Å²) in [5.41, 5.74) is 1.17. The Labute approximate surface area is 90.9 Å². The highest BCUT2D eigenvalue weighted by Crippen LogP contribution is 2.07. The largest absolute Gasteiger partial charge is 0.385 e. The van der Waals surface area contributed by atoms with Gasteiger partial charge >= 0.3 is 0 Å². The second-order valence-corrected chi connectivity index (χ2v) is 3.76. The number of carbonyl (C=O) groups excluding carboxylic acids is 1. The Morgan fingerprint density at radius 2 is 2.00 bits per heavy atom. The van der Waals surface area contributed by atoms with Gasteiger partial charge in [0, 0.05) is 6.42 Å². The fraction of sp³-hybridized carbons (Fsp3) is 0.462. The van der Waals surface area contributed by atoms with Crippen LogP contribution in [0.3, 0.4) is 0 Å². The van der Waals surface area contributed by atoms with Gasteiger partial charge < -0.3 is 5.11 Å². The molecule has 0 aliphatic heterocycles. The molecule has 0 saturated carbocycles. The number of ketones is 1. The van der Waals surface area contributed by atoms with E-state index in [4.69, 9.17) is 0 Å². The van der Waals surface area contributed by atoms with Crippen molar-refractivity contribution in [2.75, 3.05) is 0 Å². The highest BCUT2D eigenvalue weighted by atomic mass is 16.3. The number of aliphatic hydroxyl groups is 1. The van der Waals surface area contributed by atoms with Crippen LogP contribution < -0.4 is 0 Å². The van der Waals surface area contributed by atoms with Gasteiger partial charge in [0.05, 0.1) is 0 Å². The SMILES string of the molecule is CCCC(=O)C(O)CCc1ccccc1. The number of aryl methyl sites for hydroxylation is 1. The molecule has 2 heteroatoms. The van der Waals surface area contributed by atoms with Crippen LogP contribution in [0.15, 0.2) is 30.3 Å². The van der Waals surface area contributed by atoms with E-state index in [0.717, 1.165) is 12.8 Å². The third kappa shape index (κ3) is 4.26. The molecule has 0 aliphatic rings. The lowest BCUT2D eigenvalue weighted by Gasteiger charge is -2.08. The minimum atomic E-state index is -0.787. The molecule has 1 rings (SSSR count). The first-order valence-electron chi connectivity index (χ1n) is 5.48. The Morgan fingerprint density at radius 3 is 2.60 bits per heavy atom. The molecular formula is C13H18O2. The Hall–Kier alpha value is -1.15. The van der Waals surface area contributed by atoms with Crippen molar-refractivity contribution in [3.63, 3.8) is 0 Å². The Balaban J connectivity index is 2.34. The highest BCUT2D eigenvalue weighted by Gasteiger charge is 2.13. The Morgan fingerprint density at radius 1 is 1.33 bits per heavy atom. The smallest absolute Gasteiger partial charge is 0.161 e. The average Bonchev–Trinajstić information content (AvgIpc) is 2.27. The van der Waals surface area contributed by atoms with E-state index in [-0.39, 0.29) is 5.78 Å². The van der Waals surface area contributed by atoms with E-state index < -0.39 is 6.10 Å². The molecule has 0 aromatic heterocycles. The first-order chi connectivity index (χ1) is 7.24. The van der Waals surface area contributed by atoms with Crippen LogP contribution >= 0.6 is 0 Å². The highest BCUT2D eigenvalue weighted by molar-refractivity contribution is 5.82. The van der Waals surface area contributed by atoms with Gasteiger partial charge in [0.1, 0.15) is 6.10 Å². The van der Waals surface area contributed by atoms with Crippen LogP contribution in [0.1, 0.15) is 31.7 Å². The molecule has 0 heterocycles. The van der Waals surface area contributed by atoms with E-state index in [1.807, 2.05) is 37.3 Å². The third-order valence-electron chi connectivity index (χ3n) is 2.42. The van der Waals surface area contributed by atoms with Crippen molar-refractivity contribution in [2.45, 2.75) is 38.7 Å². The summed E-state index contributed by atoms with van der Waals surface area (Å²) in [6.07, 6.45) is 1.79. The van der Waals surface area contributed by atoms with Crippen molar-refractivity contribution < 1.29 is 9.90 Å². The lowest BCUT2D eigenvalue weighted by Crippen LogP contribution is -2.20. The average molecular weight is 206 g/mol. The van der Waals surface area contributed by atoms with Crippen LogP contribution in [0.2, 0.25) is 0 Å². The molecule has 82 valence electrons. The molecular weight excluding hydrogens is 188 g/mol. The number of aliphatic hydroxyl groups excluding tert-OH is 1. The molecule has 0 amide bonds. The van der Waals surface area contributed by atoms with Gasteiger partial charge in [-0.1, -0.05) is 37.3 Å². The molecule has 0 radical (unpaired) electrons. The molecule has 0 saturated heterocycles. The van der Waals surface area contributed by atoms with Gasteiger partial charge in [-0.25, -0.2) is 0 Å². The molecule has 1 aromatic carbocycles. The van der Waals surface area contributed by atoms with Crippen molar-refractivity contribution >= 4 is 5.78 Å². The first-order valence-corrected chi connectivity index (χ1v) is 5.48. The third-order valence-corrected chi connectivity index (χ3v) is 2.42. The molecule has 15 heavy (non-hydrogen) atoms. The number of rotatable bonds is 6. The van der Waals surface area contributed by atoms with Gasteiger partial charge in [0.15, 0.2) is 5.78 Å². The van der Waals surface area contributed by atoms with E-state index in [9.17, 15) is 9.90 Å². The fourth-order valence-electron chi connectivity index (χ4n) is 1.52. The van der Waals surface area contributed by atoms with E-state index in [2.05, 4.69) is 0 Å². The van der Waals surface area contributed by atoms with Gasteiger partial charge in [-0.15, -0.1) is 0 Å². The summed E-state index contributed by atoms with van der Waals surface area (Å²) >= 11 is 0. The Kier molecular flexibility index (Phi) is 5.05. The summed E-state index contributed by atoms with van der Waals surface area (Å²) in [7, 11) is 0. The lowest BCUT2D eigenvalue weighted by atomic mass is 10.0. The van der Waals surface area contributed by atoms with Crippen molar-refractivity contribution in [3.8, 4) is 0 Å². The van der Waals surface area contributed by atoms with E-state index in [1.165, 1.54) is 5.56 Å². The topological polar surface area (TPSA) is 37.3 Å². The fourth-order valence-corrected chi connectivity index (χ4v) is 1.52.